The number of hydrogen-bond acceptors (Lipinski definition) is 3. The molecule has 3 rings (SSSR count). The summed E-state index contributed by atoms with van der Waals surface area (Å²) < 4.78 is 2.58. The Bertz CT molecular complexity index is 771. The van der Waals surface area contributed by atoms with E-state index in [4.69, 9.17) is 0 Å². The van der Waals surface area contributed by atoms with Gasteiger partial charge in [-0.1, -0.05) is 15.9 Å². The predicted molar refractivity (Wildman–Crippen MR) is 91.1 cm³/mol. The Labute approximate surface area is 142 Å². The lowest BCUT2D eigenvalue weighted by Gasteiger charge is -2.12. The molecule has 0 spiro atoms. The number of aromatic nitrogens is 2. The minimum atomic E-state index is -0.178. The van der Waals surface area contributed by atoms with Crippen molar-refractivity contribution in [1.29, 1.82) is 0 Å². The molecule has 1 aliphatic rings. The molecule has 2 aromatic rings. The molecule has 1 aromatic heterocycles. The lowest BCUT2D eigenvalue weighted by Crippen LogP contribution is -2.17. The normalized spacial score (nSPS) is 19.3. The zero-order valence-corrected chi connectivity index (χ0v) is 14.4. The van der Waals surface area contributed by atoms with Gasteiger partial charge in [0.2, 0.25) is 11.8 Å². The number of nitrogens with one attached hydrogen (secondary N) is 2. The van der Waals surface area contributed by atoms with E-state index >= 15 is 0 Å². The molecule has 1 fully saturated rings. The molecule has 0 bridgehead atoms. The monoisotopic (exact) mass is 376 g/mol. The zero-order chi connectivity index (χ0) is 16.6. The Morgan fingerprint density at radius 1 is 1.30 bits per heavy atom. The molecule has 23 heavy (non-hydrogen) atoms. The number of halogens is 1. The summed E-state index contributed by atoms with van der Waals surface area (Å²) >= 11 is 3.38. The molecule has 1 saturated carbocycles. The lowest BCUT2D eigenvalue weighted by molar-refractivity contribution is -0.117. The van der Waals surface area contributed by atoms with E-state index in [0.717, 1.165) is 16.5 Å². The zero-order valence-electron chi connectivity index (χ0n) is 12.8. The molecule has 2 N–H and O–H groups in total. The molecular weight excluding hydrogens is 360 g/mol. The second-order valence-electron chi connectivity index (χ2n) is 5.76. The van der Waals surface area contributed by atoms with Crippen LogP contribution in [0.1, 0.15) is 24.8 Å². The maximum absolute atomic E-state index is 12.4. The van der Waals surface area contributed by atoms with Gasteiger partial charge >= 0.3 is 0 Å². The predicted octanol–water partition coefficient (Wildman–Crippen LogP) is 2.88. The van der Waals surface area contributed by atoms with Crippen molar-refractivity contribution in [3.05, 3.63) is 40.6 Å². The van der Waals surface area contributed by atoms with Crippen LogP contribution in [-0.2, 0) is 16.6 Å². The molecule has 0 unspecified atom stereocenters. The fraction of sp³-hybridized carbons (Fsp3) is 0.312. The van der Waals surface area contributed by atoms with Crippen LogP contribution in [0.5, 0.6) is 0 Å². The van der Waals surface area contributed by atoms with Crippen molar-refractivity contribution < 1.29 is 9.59 Å². The fourth-order valence-electron chi connectivity index (χ4n) is 2.63. The molecule has 120 valence electrons. The molecule has 7 heteroatoms. The number of amides is 2. The molecule has 0 saturated heterocycles. The van der Waals surface area contributed by atoms with Crippen molar-refractivity contribution in [3.8, 4) is 0 Å². The van der Waals surface area contributed by atoms with E-state index in [-0.39, 0.29) is 23.7 Å². The molecule has 2 amide bonds. The van der Waals surface area contributed by atoms with Gasteiger partial charge in [0, 0.05) is 30.6 Å². The van der Waals surface area contributed by atoms with E-state index < -0.39 is 0 Å². The first-order valence-corrected chi connectivity index (χ1v) is 8.10. The first kappa shape index (κ1) is 15.7. The summed E-state index contributed by atoms with van der Waals surface area (Å²) in [5.74, 6) is -0.0468. The van der Waals surface area contributed by atoms with Gasteiger partial charge in [-0.3, -0.25) is 14.3 Å². The van der Waals surface area contributed by atoms with Gasteiger partial charge in [-0.25, -0.2) is 0 Å². The Hall–Kier alpha value is -2.15. The highest BCUT2D eigenvalue weighted by Gasteiger charge is 2.44. The fourth-order valence-corrected chi connectivity index (χ4v) is 2.99. The molecule has 2 atom stereocenters. The van der Waals surface area contributed by atoms with Crippen molar-refractivity contribution in [3.63, 3.8) is 0 Å². The number of benzene rings is 1. The summed E-state index contributed by atoms with van der Waals surface area (Å²) in [6, 6.07) is 5.35. The number of carbonyl (C=O) groups excluding carboxylic acids is 2. The second-order valence-corrected chi connectivity index (χ2v) is 6.67. The Morgan fingerprint density at radius 2 is 2.09 bits per heavy atom. The summed E-state index contributed by atoms with van der Waals surface area (Å²) in [5.41, 5.74) is 2.27. The molecule has 0 radical (unpaired) electrons. The van der Waals surface area contributed by atoms with Crippen LogP contribution >= 0.6 is 15.9 Å². The van der Waals surface area contributed by atoms with Gasteiger partial charge in [-0.2, -0.15) is 5.10 Å². The standard InChI is InChI=1S/C16H17BrN4O2/c1-9(22)19-14-4-3-11(17)5-15(14)20-16(23)13-6-12(13)10-7-18-21(2)8-10/h3-5,7-8,12-13H,6H2,1-2H3,(H,19,22)(H,20,23)/t12-,13-/m0/s1. The van der Waals surface area contributed by atoms with Crippen molar-refractivity contribution in [2.45, 2.75) is 19.3 Å². The second kappa shape index (κ2) is 6.16. The number of aryl methyl sites for hydroxylation is 1. The van der Waals surface area contributed by atoms with Crippen LogP contribution in [0.25, 0.3) is 0 Å². The van der Waals surface area contributed by atoms with Gasteiger partial charge < -0.3 is 10.6 Å². The van der Waals surface area contributed by atoms with Gasteiger partial charge in [-0.05, 0) is 36.1 Å². The third-order valence-electron chi connectivity index (χ3n) is 3.83. The van der Waals surface area contributed by atoms with Gasteiger partial charge in [0.1, 0.15) is 0 Å². The summed E-state index contributed by atoms with van der Waals surface area (Å²) in [6.07, 6.45) is 4.57. The van der Waals surface area contributed by atoms with E-state index in [0.29, 0.717) is 11.4 Å². The Morgan fingerprint density at radius 3 is 2.74 bits per heavy atom. The van der Waals surface area contributed by atoms with Crippen LogP contribution in [0.15, 0.2) is 35.1 Å². The van der Waals surface area contributed by atoms with Crippen LogP contribution in [-0.4, -0.2) is 21.6 Å². The first-order chi connectivity index (χ1) is 10.9. The quantitative estimate of drug-likeness (QED) is 0.860. The molecule has 1 aliphatic carbocycles. The van der Waals surface area contributed by atoms with Crippen molar-refractivity contribution in [1.82, 2.24) is 9.78 Å². The molecule has 1 heterocycles. The summed E-state index contributed by atoms with van der Waals surface area (Å²) in [7, 11) is 1.86. The SMILES string of the molecule is CC(=O)Nc1ccc(Br)cc1NC(=O)[C@H]1C[C@H]1c1cnn(C)c1. The van der Waals surface area contributed by atoms with Crippen LogP contribution < -0.4 is 10.6 Å². The van der Waals surface area contributed by atoms with Crippen LogP contribution in [0.2, 0.25) is 0 Å². The highest BCUT2D eigenvalue weighted by atomic mass is 79.9. The minimum Gasteiger partial charge on any atom is -0.325 e. The maximum atomic E-state index is 12.4. The van der Waals surface area contributed by atoms with E-state index in [1.807, 2.05) is 19.3 Å². The number of hydrogen-bond donors (Lipinski definition) is 2. The lowest BCUT2D eigenvalue weighted by atomic mass is 10.2. The van der Waals surface area contributed by atoms with Gasteiger partial charge in [0.25, 0.3) is 0 Å². The number of carbonyl (C=O) groups is 2. The van der Waals surface area contributed by atoms with Gasteiger partial charge in [-0.15, -0.1) is 0 Å². The van der Waals surface area contributed by atoms with E-state index in [1.165, 1.54) is 6.92 Å². The highest BCUT2D eigenvalue weighted by Crippen LogP contribution is 2.48. The highest BCUT2D eigenvalue weighted by molar-refractivity contribution is 9.10. The third kappa shape index (κ3) is 3.61. The first-order valence-electron chi connectivity index (χ1n) is 7.30. The maximum Gasteiger partial charge on any atom is 0.228 e. The number of nitrogens with zero attached hydrogens (tertiary/aromatic N) is 2. The van der Waals surface area contributed by atoms with E-state index in [2.05, 4.69) is 31.7 Å². The molecule has 6 nitrogen and oxygen atoms in total. The number of rotatable bonds is 4. The number of anilines is 2. The Kier molecular flexibility index (Phi) is 4.21. The van der Waals surface area contributed by atoms with E-state index in [9.17, 15) is 9.59 Å². The van der Waals surface area contributed by atoms with Crippen LogP contribution in [0.3, 0.4) is 0 Å². The average Bonchev–Trinajstić information content (AvgIpc) is 3.17. The largest absolute Gasteiger partial charge is 0.325 e. The topological polar surface area (TPSA) is 76.0 Å². The molecular formula is C16H17BrN4O2. The van der Waals surface area contributed by atoms with Crippen LogP contribution in [0.4, 0.5) is 11.4 Å². The molecule has 0 aliphatic heterocycles. The van der Waals surface area contributed by atoms with Crippen molar-refractivity contribution in [2.24, 2.45) is 13.0 Å². The van der Waals surface area contributed by atoms with Crippen LogP contribution in [0, 0.1) is 5.92 Å². The van der Waals surface area contributed by atoms with Gasteiger partial charge in [0.15, 0.2) is 0 Å². The van der Waals surface area contributed by atoms with Gasteiger partial charge in [0.05, 0.1) is 17.6 Å². The smallest absolute Gasteiger partial charge is 0.228 e. The summed E-state index contributed by atoms with van der Waals surface area (Å²) in [6.45, 7) is 1.44. The minimum absolute atomic E-state index is 0.0384. The average molecular weight is 377 g/mol. The Balaban J connectivity index is 1.71. The van der Waals surface area contributed by atoms with Crippen molar-refractivity contribution in [2.75, 3.05) is 10.6 Å². The summed E-state index contributed by atoms with van der Waals surface area (Å²) in [4.78, 5) is 23.7. The third-order valence-corrected chi connectivity index (χ3v) is 4.32. The van der Waals surface area contributed by atoms with E-state index in [1.54, 1.807) is 23.0 Å². The van der Waals surface area contributed by atoms with Crippen molar-refractivity contribution >= 4 is 39.1 Å². The molecule has 1 aromatic carbocycles. The summed E-state index contributed by atoms with van der Waals surface area (Å²) in [5, 5.41) is 9.78.